The van der Waals surface area contributed by atoms with Crippen molar-refractivity contribution in [2.24, 2.45) is 0 Å². The van der Waals surface area contributed by atoms with Gasteiger partial charge in [-0.15, -0.1) is 11.3 Å². The van der Waals surface area contributed by atoms with Crippen molar-refractivity contribution in [2.75, 3.05) is 5.32 Å². The summed E-state index contributed by atoms with van der Waals surface area (Å²) in [7, 11) is 0. The Morgan fingerprint density at radius 2 is 1.92 bits per heavy atom. The molecule has 8 heteroatoms. The number of alkyl halides is 3. The Labute approximate surface area is 145 Å². The van der Waals surface area contributed by atoms with Crippen molar-refractivity contribution in [2.45, 2.75) is 13.1 Å². The number of nitrogens with one attached hydrogen (secondary N) is 1. The standard InChI is InChI=1S/C17H12F3N3OS/c1-10-22-14(9-25-10)12-4-2-3-5-13(12)23-16(24)11-6-7-15(21-8-11)17(18,19)20/h2-9H,1H3,(H,23,24). The largest absolute Gasteiger partial charge is 0.433 e. The van der Waals surface area contributed by atoms with Gasteiger partial charge < -0.3 is 5.32 Å². The average Bonchev–Trinajstić information content (AvgIpc) is 3.01. The number of carbonyl (C=O) groups is 1. The van der Waals surface area contributed by atoms with Crippen LogP contribution in [-0.2, 0) is 6.18 Å². The number of pyridine rings is 1. The molecule has 0 fully saturated rings. The third-order valence-electron chi connectivity index (χ3n) is 3.39. The van der Waals surface area contributed by atoms with E-state index in [4.69, 9.17) is 0 Å². The van der Waals surface area contributed by atoms with Gasteiger partial charge in [0.05, 0.1) is 22.0 Å². The molecule has 0 spiro atoms. The third kappa shape index (κ3) is 3.85. The molecular weight excluding hydrogens is 351 g/mol. The lowest BCUT2D eigenvalue weighted by molar-refractivity contribution is -0.141. The highest BCUT2D eigenvalue weighted by atomic mass is 32.1. The Hall–Kier alpha value is -2.74. The molecule has 0 radical (unpaired) electrons. The monoisotopic (exact) mass is 363 g/mol. The molecule has 4 nitrogen and oxygen atoms in total. The number of amides is 1. The topological polar surface area (TPSA) is 54.9 Å². The number of anilines is 1. The molecule has 128 valence electrons. The Balaban J connectivity index is 1.84. The van der Waals surface area contributed by atoms with Gasteiger partial charge in [-0.25, -0.2) is 4.98 Å². The molecule has 0 unspecified atom stereocenters. The molecular formula is C17H12F3N3OS. The first kappa shape index (κ1) is 17.1. The summed E-state index contributed by atoms with van der Waals surface area (Å²) in [5, 5.41) is 5.46. The van der Waals surface area contributed by atoms with Crippen molar-refractivity contribution in [3.05, 3.63) is 64.2 Å². The van der Waals surface area contributed by atoms with Gasteiger partial charge in [0.15, 0.2) is 0 Å². The molecule has 2 aromatic heterocycles. The van der Waals surface area contributed by atoms with E-state index in [0.29, 0.717) is 5.69 Å². The first-order valence-electron chi connectivity index (χ1n) is 7.21. The van der Waals surface area contributed by atoms with Crippen molar-refractivity contribution in [1.29, 1.82) is 0 Å². The molecule has 0 bridgehead atoms. The van der Waals surface area contributed by atoms with E-state index in [1.807, 2.05) is 24.4 Å². The summed E-state index contributed by atoms with van der Waals surface area (Å²) < 4.78 is 37.6. The van der Waals surface area contributed by atoms with Crippen LogP contribution in [0.3, 0.4) is 0 Å². The fraction of sp³-hybridized carbons (Fsp3) is 0.118. The molecule has 0 aliphatic rings. The summed E-state index contributed by atoms with van der Waals surface area (Å²) in [5.74, 6) is -0.541. The van der Waals surface area contributed by atoms with Crippen molar-refractivity contribution < 1.29 is 18.0 Å². The minimum absolute atomic E-state index is 0.0391. The number of hydrogen-bond donors (Lipinski definition) is 1. The SMILES string of the molecule is Cc1nc(-c2ccccc2NC(=O)c2ccc(C(F)(F)F)nc2)cs1. The van der Waals surface area contributed by atoms with Crippen LogP contribution in [0.25, 0.3) is 11.3 Å². The molecule has 0 aliphatic heterocycles. The van der Waals surface area contributed by atoms with E-state index < -0.39 is 17.8 Å². The maximum absolute atomic E-state index is 12.5. The van der Waals surface area contributed by atoms with Gasteiger partial charge in [0, 0.05) is 17.1 Å². The van der Waals surface area contributed by atoms with E-state index in [9.17, 15) is 18.0 Å². The van der Waals surface area contributed by atoms with Crippen molar-refractivity contribution in [3.8, 4) is 11.3 Å². The fourth-order valence-electron chi connectivity index (χ4n) is 2.19. The molecule has 3 aromatic rings. The van der Waals surface area contributed by atoms with Crippen molar-refractivity contribution in [3.63, 3.8) is 0 Å². The van der Waals surface area contributed by atoms with Crippen molar-refractivity contribution in [1.82, 2.24) is 9.97 Å². The summed E-state index contributed by atoms with van der Waals surface area (Å²) in [5.41, 5.74) is 0.987. The number of carbonyl (C=O) groups excluding carboxylic acids is 1. The van der Waals surface area contributed by atoms with Gasteiger partial charge in [0.25, 0.3) is 5.91 Å². The number of benzene rings is 1. The highest BCUT2D eigenvalue weighted by Crippen LogP contribution is 2.30. The maximum atomic E-state index is 12.5. The number of rotatable bonds is 3. The number of halogens is 3. The van der Waals surface area contributed by atoms with E-state index >= 15 is 0 Å². The minimum atomic E-state index is -4.54. The second-order valence-corrected chi connectivity index (χ2v) is 6.24. The normalized spacial score (nSPS) is 11.4. The van der Waals surface area contributed by atoms with Gasteiger partial charge in [0.1, 0.15) is 5.69 Å². The van der Waals surface area contributed by atoms with Gasteiger partial charge in [-0.2, -0.15) is 13.2 Å². The van der Waals surface area contributed by atoms with Gasteiger partial charge in [-0.05, 0) is 25.1 Å². The van der Waals surface area contributed by atoms with E-state index in [2.05, 4.69) is 15.3 Å². The van der Waals surface area contributed by atoms with Crippen molar-refractivity contribution >= 4 is 22.9 Å². The summed E-state index contributed by atoms with van der Waals surface area (Å²) in [6.45, 7) is 1.88. The predicted molar refractivity (Wildman–Crippen MR) is 89.5 cm³/mol. The lowest BCUT2D eigenvalue weighted by atomic mass is 10.1. The predicted octanol–water partition coefficient (Wildman–Crippen LogP) is 4.78. The van der Waals surface area contributed by atoms with Crippen LogP contribution in [0.15, 0.2) is 48.0 Å². The van der Waals surface area contributed by atoms with Crippen LogP contribution in [0, 0.1) is 6.92 Å². The molecule has 0 atom stereocenters. The number of hydrogen-bond acceptors (Lipinski definition) is 4. The van der Waals surface area contributed by atoms with Crippen LogP contribution in [0.4, 0.5) is 18.9 Å². The number of nitrogens with zero attached hydrogens (tertiary/aromatic N) is 2. The van der Waals surface area contributed by atoms with E-state index in [1.54, 1.807) is 12.1 Å². The molecule has 0 saturated carbocycles. The Kier molecular flexibility index (Phi) is 4.54. The summed E-state index contributed by atoms with van der Waals surface area (Å²) in [6, 6.07) is 8.97. The lowest BCUT2D eigenvalue weighted by Gasteiger charge is -2.10. The van der Waals surface area contributed by atoms with Gasteiger partial charge >= 0.3 is 6.18 Å². The van der Waals surface area contributed by atoms with Crippen LogP contribution in [0.2, 0.25) is 0 Å². The maximum Gasteiger partial charge on any atom is 0.433 e. The van der Waals surface area contributed by atoms with Gasteiger partial charge in [-0.1, -0.05) is 18.2 Å². The van der Waals surface area contributed by atoms with E-state index in [1.165, 1.54) is 11.3 Å². The minimum Gasteiger partial charge on any atom is -0.321 e. The zero-order chi connectivity index (χ0) is 18.0. The second kappa shape index (κ2) is 6.64. The molecule has 0 saturated heterocycles. The molecule has 0 aliphatic carbocycles. The van der Waals surface area contributed by atoms with Gasteiger partial charge in [0.2, 0.25) is 0 Å². The molecule has 2 heterocycles. The summed E-state index contributed by atoms with van der Waals surface area (Å²) >= 11 is 1.49. The fourth-order valence-corrected chi connectivity index (χ4v) is 2.81. The Bertz CT molecular complexity index is 904. The molecule has 1 aromatic carbocycles. The molecule has 25 heavy (non-hydrogen) atoms. The van der Waals surface area contributed by atoms with E-state index in [0.717, 1.165) is 34.6 Å². The van der Waals surface area contributed by atoms with Crippen LogP contribution >= 0.6 is 11.3 Å². The highest BCUT2D eigenvalue weighted by Gasteiger charge is 2.32. The smallest absolute Gasteiger partial charge is 0.321 e. The van der Waals surface area contributed by atoms with Crippen LogP contribution < -0.4 is 5.32 Å². The molecule has 3 rings (SSSR count). The molecule has 1 amide bonds. The second-order valence-electron chi connectivity index (χ2n) is 5.18. The third-order valence-corrected chi connectivity index (χ3v) is 4.16. The van der Waals surface area contributed by atoms with Crippen LogP contribution in [-0.4, -0.2) is 15.9 Å². The first-order valence-corrected chi connectivity index (χ1v) is 8.08. The average molecular weight is 363 g/mol. The summed E-state index contributed by atoms with van der Waals surface area (Å²) in [6.07, 6.45) is -3.63. The number of para-hydroxylation sites is 1. The quantitative estimate of drug-likeness (QED) is 0.728. The zero-order valence-corrected chi connectivity index (χ0v) is 13.8. The highest BCUT2D eigenvalue weighted by molar-refractivity contribution is 7.09. The van der Waals surface area contributed by atoms with Crippen LogP contribution in [0.1, 0.15) is 21.1 Å². The zero-order valence-electron chi connectivity index (χ0n) is 13.0. The summed E-state index contributed by atoms with van der Waals surface area (Å²) in [4.78, 5) is 20.0. The Morgan fingerprint density at radius 3 is 2.52 bits per heavy atom. The van der Waals surface area contributed by atoms with Crippen LogP contribution in [0.5, 0.6) is 0 Å². The lowest BCUT2D eigenvalue weighted by Crippen LogP contribution is -2.14. The van der Waals surface area contributed by atoms with E-state index in [-0.39, 0.29) is 5.56 Å². The number of thiazole rings is 1. The number of aryl methyl sites for hydroxylation is 1. The first-order chi connectivity index (χ1) is 11.8. The molecule has 1 N–H and O–H groups in total. The number of aromatic nitrogens is 2. The van der Waals surface area contributed by atoms with Gasteiger partial charge in [-0.3, -0.25) is 9.78 Å². The Morgan fingerprint density at radius 1 is 1.16 bits per heavy atom.